The van der Waals surface area contributed by atoms with Crippen molar-refractivity contribution in [2.24, 2.45) is 0 Å². The molecule has 2 heterocycles. The van der Waals surface area contributed by atoms with Crippen LogP contribution in [0.25, 0.3) is 10.9 Å². The molecule has 0 unspecified atom stereocenters. The molecule has 1 N–H and O–H groups in total. The van der Waals surface area contributed by atoms with Crippen LogP contribution < -0.4 is 5.56 Å². The summed E-state index contributed by atoms with van der Waals surface area (Å²) in [5, 5.41) is 4.21. The molecule has 102 valence electrons. The second-order valence-corrected chi connectivity index (χ2v) is 3.50. The zero-order valence-electron chi connectivity index (χ0n) is 8.73. The van der Waals surface area contributed by atoms with Gasteiger partial charge in [-0.15, -0.1) is 10.2 Å². The quantitative estimate of drug-likeness (QED) is 0.755. The first-order valence-corrected chi connectivity index (χ1v) is 4.65. The molecular formula is C9H3F6N3O. The van der Waals surface area contributed by atoms with Crippen LogP contribution in [0.1, 0.15) is 11.4 Å². The van der Waals surface area contributed by atoms with Gasteiger partial charge in [0.2, 0.25) is 5.56 Å². The Kier molecular flexibility index (Phi) is 2.75. The summed E-state index contributed by atoms with van der Waals surface area (Å²) in [5.41, 5.74) is -5.28. The average Bonchev–Trinajstić information content (AvgIpc) is 2.24. The van der Waals surface area contributed by atoms with E-state index in [2.05, 4.69) is 10.2 Å². The van der Waals surface area contributed by atoms with Crippen molar-refractivity contribution in [3.63, 3.8) is 0 Å². The van der Waals surface area contributed by atoms with Crippen LogP contribution in [0.2, 0.25) is 0 Å². The molecule has 0 fully saturated rings. The number of hydrogen-bond acceptors (Lipinski definition) is 3. The van der Waals surface area contributed by atoms with Crippen LogP contribution in [0.15, 0.2) is 16.9 Å². The lowest BCUT2D eigenvalue weighted by Crippen LogP contribution is -2.18. The molecule has 0 bridgehead atoms. The topological polar surface area (TPSA) is 58.6 Å². The van der Waals surface area contributed by atoms with Gasteiger partial charge in [-0.05, 0) is 6.07 Å². The van der Waals surface area contributed by atoms with Crippen LogP contribution in [0.4, 0.5) is 26.3 Å². The first kappa shape index (κ1) is 13.3. The van der Waals surface area contributed by atoms with Crippen LogP contribution >= 0.6 is 0 Å². The van der Waals surface area contributed by atoms with Crippen molar-refractivity contribution in [2.75, 3.05) is 0 Å². The molecule has 0 atom stereocenters. The molecule has 0 aromatic carbocycles. The van der Waals surface area contributed by atoms with Crippen molar-refractivity contribution in [1.82, 2.24) is 15.2 Å². The predicted molar refractivity (Wildman–Crippen MR) is 50.2 cm³/mol. The molecule has 0 saturated carbocycles. The zero-order chi connectivity index (χ0) is 14.4. The zero-order valence-corrected chi connectivity index (χ0v) is 8.73. The van der Waals surface area contributed by atoms with Crippen molar-refractivity contribution in [3.8, 4) is 0 Å². The Balaban J connectivity index is 2.92. The molecule has 0 aliphatic carbocycles. The van der Waals surface area contributed by atoms with E-state index in [4.69, 9.17) is 0 Å². The molecule has 0 radical (unpaired) electrons. The van der Waals surface area contributed by atoms with E-state index in [1.807, 2.05) is 0 Å². The van der Waals surface area contributed by atoms with Crippen molar-refractivity contribution < 1.29 is 26.3 Å². The van der Waals surface area contributed by atoms with Gasteiger partial charge in [0.25, 0.3) is 0 Å². The van der Waals surface area contributed by atoms with Crippen LogP contribution in [-0.2, 0) is 12.4 Å². The minimum atomic E-state index is -5.03. The summed E-state index contributed by atoms with van der Waals surface area (Å²) >= 11 is 0. The van der Waals surface area contributed by atoms with Crippen molar-refractivity contribution in [3.05, 3.63) is 33.9 Å². The summed E-state index contributed by atoms with van der Waals surface area (Å²) in [5.74, 6) is 0. The first-order chi connectivity index (χ1) is 8.60. The Hall–Kier alpha value is -2.13. The number of H-pyrrole nitrogens is 1. The lowest BCUT2D eigenvalue weighted by Gasteiger charge is -2.12. The van der Waals surface area contributed by atoms with Crippen LogP contribution in [-0.4, -0.2) is 15.2 Å². The van der Waals surface area contributed by atoms with Crippen molar-refractivity contribution in [1.29, 1.82) is 0 Å². The second-order valence-electron chi connectivity index (χ2n) is 3.50. The molecule has 0 spiro atoms. The minimum absolute atomic E-state index is 0.626. The van der Waals surface area contributed by atoms with E-state index in [-0.39, 0.29) is 0 Å². The fourth-order valence-electron chi connectivity index (χ4n) is 1.47. The lowest BCUT2D eigenvalue weighted by molar-refractivity contribution is -0.145. The standard InChI is InChI=1S/C9H3F6N3O/c10-8(11,12)6-3-1-2-4(19)16-5(3)7(18-17-6)9(13,14)15/h1-2H,(H,16,19). The number of pyridine rings is 1. The van der Waals surface area contributed by atoms with Gasteiger partial charge in [0.1, 0.15) is 0 Å². The van der Waals surface area contributed by atoms with Gasteiger partial charge >= 0.3 is 12.4 Å². The third-order valence-corrected chi connectivity index (χ3v) is 2.20. The van der Waals surface area contributed by atoms with Gasteiger partial charge in [0.05, 0.1) is 5.52 Å². The Morgan fingerprint density at radius 3 is 1.95 bits per heavy atom. The third-order valence-electron chi connectivity index (χ3n) is 2.20. The smallest absolute Gasteiger partial charge is 0.320 e. The van der Waals surface area contributed by atoms with Gasteiger partial charge in [-0.25, -0.2) is 0 Å². The predicted octanol–water partition coefficient (Wildman–Crippen LogP) is 2.36. The molecule has 0 aliphatic rings. The van der Waals surface area contributed by atoms with Crippen LogP contribution in [0, 0.1) is 0 Å². The number of nitrogens with zero attached hydrogens (tertiary/aromatic N) is 2. The molecular weight excluding hydrogens is 280 g/mol. The second kappa shape index (κ2) is 3.93. The highest BCUT2D eigenvalue weighted by atomic mass is 19.4. The minimum Gasteiger partial charge on any atom is -0.320 e. The Bertz CT molecular complexity index is 687. The molecule has 2 aromatic heterocycles. The number of alkyl halides is 6. The number of hydrogen-bond donors (Lipinski definition) is 1. The van der Waals surface area contributed by atoms with Gasteiger partial charge in [0.15, 0.2) is 11.4 Å². The number of aromatic nitrogens is 3. The number of rotatable bonds is 0. The molecule has 10 heteroatoms. The van der Waals surface area contributed by atoms with E-state index in [1.54, 1.807) is 4.98 Å². The molecule has 0 saturated heterocycles. The average molecular weight is 283 g/mol. The fraction of sp³-hybridized carbons (Fsp3) is 0.222. The Morgan fingerprint density at radius 2 is 1.42 bits per heavy atom. The van der Waals surface area contributed by atoms with E-state index in [0.29, 0.717) is 12.1 Å². The van der Waals surface area contributed by atoms with Gasteiger partial charge < -0.3 is 4.98 Å². The van der Waals surface area contributed by atoms with Crippen LogP contribution in [0.3, 0.4) is 0 Å². The SMILES string of the molecule is O=c1ccc2c(C(F)(F)F)nnc(C(F)(F)F)c2[nH]1. The molecule has 4 nitrogen and oxygen atoms in total. The maximum absolute atomic E-state index is 12.6. The van der Waals surface area contributed by atoms with E-state index >= 15 is 0 Å². The molecule has 0 aliphatic heterocycles. The van der Waals surface area contributed by atoms with Crippen molar-refractivity contribution in [2.45, 2.75) is 12.4 Å². The van der Waals surface area contributed by atoms with Gasteiger partial charge in [-0.1, -0.05) is 0 Å². The maximum atomic E-state index is 12.6. The highest BCUT2D eigenvalue weighted by molar-refractivity contribution is 5.83. The normalized spacial score (nSPS) is 12.9. The van der Waals surface area contributed by atoms with Crippen LogP contribution in [0.5, 0.6) is 0 Å². The Morgan fingerprint density at radius 1 is 0.895 bits per heavy atom. The first-order valence-electron chi connectivity index (χ1n) is 4.65. The summed E-state index contributed by atoms with van der Waals surface area (Å²) in [4.78, 5) is 12.7. The highest BCUT2D eigenvalue weighted by Gasteiger charge is 2.41. The Labute approximate surface area is 99.6 Å². The van der Waals surface area contributed by atoms with Gasteiger partial charge in [-0.2, -0.15) is 26.3 Å². The summed E-state index contributed by atoms with van der Waals surface area (Å²) < 4.78 is 75.4. The van der Waals surface area contributed by atoms with E-state index in [1.165, 1.54) is 0 Å². The number of nitrogens with one attached hydrogen (secondary N) is 1. The molecule has 2 aromatic rings. The monoisotopic (exact) mass is 283 g/mol. The molecule has 19 heavy (non-hydrogen) atoms. The fourth-order valence-corrected chi connectivity index (χ4v) is 1.47. The van der Waals surface area contributed by atoms with Gasteiger partial charge in [-0.3, -0.25) is 4.79 Å². The number of aromatic amines is 1. The summed E-state index contributed by atoms with van der Waals surface area (Å²) in [6.07, 6.45) is -10.0. The van der Waals surface area contributed by atoms with Gasteiger partial charge in [0, 0.05) is 11.5 Å². The van der Waals surface area contributed by atoms with E-state index in [0.717, 1.165) is 0 Å². The largest absolute Gasteiger partial charge is 0.437 e. The number of fused-ring (bicyclic) bond motifs is 1. The number of halogens is 6. The third kappa shape index (κ3) is 2.37. The lowest BCUT2D eigenvalue weighted by atomic mass is 10.1. The molecule has 0 amide bonds. The molecule has 2 rings (SSSR count). The van der Waals surface area contributed by atoms with Crippen molar-refractivity contribution >= 4 is 10.9 Å². The summed E-state index contributed by atoms with van der Waals surface area (Å²) in [6.45, 7) is 0. The summed E-state index contributed by atoms with van der Waals surface area (Å²) in [6, 6.07) is 1.31. The maximum Gasteiger partial charge on any atom is 0.437 e. The van der Waals surface area contributed by atoms with E-state index in [9.17, 15) is 31.1 Å². The summed E-state index contributed by atoms with van der Waals surface area (Å²) in [7, 11) is 0. The highest BCUT2D eigenvalue weighted by Crippen LogP contribution is 2.36. The van der Waals surface area contributed by atoms with E-state index < -0.39 is 40.2 Å².